The highest BCUT2D eigenvalue weighted by Gasteiger charge is 2.15. The van der Waals surface area contributed by atoms with Gasteiger partial charge < -0.3 is 19.4 Å². The highest BCUT2D eigenvalue weighted by Crippen LogP contribution is 2.28. The Morgan fingerprint density at radius 3 is 2.74 bits per heavy atom. The predicted molar refractivity (Wildman–Crippen MR) is 119 cm³/mol. The summed E-state index contributed by atoms with van der Waals surface area (Å²) in [6, 6.07) is 9.09. The van der Waals surface area contributed by atoms with E-state index in [4.69, 9.17) is 32.7 Å². The van der Waals surface area contributed by atoms with E-state index < -0.39 is 5.82 Å². The molecule has 1 N–H and O–H groups in total. The maximum Gasteiger partial charge on any atom is 0.234 e. The zero-order valence-corrected chi connectivity index (χ0v) is 19.0. The molecule has 2 aromatic carbocycles. The lowest BCUT2D eigenvalue weighted by Crippen LogP contribution is -2.15. The largest absolute Gasteiger partial charge is 0.495 e. The Labute approximate surface area is 192 Å². The molecule has 164 valence electrons. The number of amides is 1. The number of nitrogens with one attached hydrogen (secondary N) is 1. The fourth-order valence-electron chi connectivity index (χ4n) is 2.66. The number of ether oxygens (including phenoxy) is 2. The minimum absolute atomic E-state index is 0.0203. The van der Waals surface area contributed by atoms with Gasteiger partial charge in [-0.15, -0.1) is 10.2 Å². The third kappa shape index (κ3) is 6.03. The van der Waals surface area contributed by atoms with Crippen LogP contribution in [0.15, 0.2) is 41.6 Å². The number of hydrogen-bond acceptors (Lipinski definition) is 6. The van der Waals surface area contributed by atoms with E-state index >= 15 is 0 Å². The molecule has 3 rings (SSSR count). The van der Waals surface area contributed by atoms with Crippen molar-refractivity contribution in [3.05, 3.63) is 58.1 Å². The molecule has 0 bridgehead atoms. The highest BCUT2D eigenvalue weighted by atomic mass is 35.5. The van der Waals surface area contributed by atoms with Crippen LogP contribution in [0, 0.1) is 5.82 Å². The standard InChI is InChI=1S/C20H19Cl2FN4O3S/c1-3-27-18(10-30-13-5-6-15(23)14(22)9-13)25-26-20(27)31-11-19(28)24-16-8-12(21)4-7-17(16)29-2/h4-9H,3,10-11H2,1-2H3,(H,24,28). The molecule has 31 heavy (non-hydrogen) atoms. The molecule has 3 aromatic rings. The number of carbonyl (C=O) groups is 1. The van der Waals surface area contributed by atoms with Gasteiger partial charge in [-0.1, -0.05) is 35.0 Å². The lowest BCUT2D eigenvalue weighted by molar-refractivity contribution is -0.113. The molecule has 0 radical (unpaired) electrons. The first-order valence-corrected chi connectivity index (χ1v) is 10.9. The Morgan fingerprint density at radius 1 is 1.23 bits per heavy atom. The van der Waals surface area contributed by atoms with Gasteiger partial charge >= 0.3 is 0 Å². The van der Waals surface area contributed by atoms with Gasteiger partial charge in [0.1, 0.15) is 23.9 Å². The van der Waals surface area contributed by atoms with Crippen LogP contribution < -0.4 is 14.8 Å². The predicted octanol–water partition coefficient (Wildman–Crippen LogP) is 5.06. The van der Waals surface area contributed by atoms with Crippen LogP contribution in [-0.4, -0.2) is 33.5 Å². The van der Waals surface area contributed by atoms with Crippen LogP contribution in [0.1, 0.15) is 12.7 Å². The molecule has 0 aliphatic rings. The van der Waals surface area contributed by atoms with Gasteiger partial charge in [-0.3, -0.25) is 4.79 Å². The molecule has 1 heterocycles. The van der Waals surface area contributed by atoms with Crippen LogP contribution in [0.25, 0.3) is 0 Å². The Hall–Kier alpha value is -2.49. The molecule has 0 saturated heterocycles. The van der Waals surface area contributed by atoms with Crippen molar-refractivity contribution >= 4 is 46.6 Å². The lowest BCUT2D eigenvalue weighted by atomic mass is 10.3. The van der Waals surface area contributed by atoms with E-state index in [-0.39, 0.29) is 23.3 Å². The van der Waals surface area contributed by atoms with Crippen LogP contribution in [0.2, 0.25) is 10.0 Å². The number of carbonyl (C=O) groups excluding carboxylic acids is 1. The maximum atomic E-state index is 13.3. The number of halogens is 3. The van der Waals surface area contributed by atoms with E-state index in [1.54, 1.807) is 18.2 Å². The van der Waals surface area contributed by atoms with E-state index in [1.807, 2.05) is 11.5 Å². The topological polar surface area (TPSA) is 78.3 Å². The summed E-state index contributed by atoms with van der Waals surface area (Å²) >= 11 is 13.0. The molecule has 0 aliphatic heterocycles. The zero-order chi connectivity index (χ0) is 22.4. The molecule has 1 aromatic heterocycles. The van der Waals surface area contributed by atoms with Gasteiger partial charge in [-0.05, 0) is 37.3 Å². The van der Waals surface area contributed by atoms with Crippen LogP contribution in [0.5, 0.6) is 11.5 Å². The summed E-state index contributed by atoms with van der Waals surface area (Å²) in [6.07, 6.45) is 0. The Morgan fingerprint density at radius 2 is 2.03 bits per heavy atom. The second-order valence-corrected chi connectivity index (χ2v) is 7.98. The molecule has 0 aliphatic carbocycles. The van der Waals surface area contributed by atoms with Crippen molar-refractivity contribution < 1.29 is 18.7 Å². The molecule has 7 nitrogen and oxygen atoms in total. The van der Waals surface area contributed by atoms with Crippen LogP contribution in [0.4, 0.5) is 10.1 Å². The van der Waals surface area contributed by atoms with Crippen LogP contribution in [-0.2, 0) is 17.9 Å². The smallest absolute Gasteiger partial charge is 0.234 e. The second-order valence-electron chi connectivity index (χ2n) is 6.19. The van der Waals surface area contributed by atoms with Gasteiger partial charge in [0.15, 0.2) is 11.0 Å². The number of anilines is 1. The Balaban J connectivity index is 1.61. The van der Waals surface area contributed by atoms with Gasteiger partial charge in [-0.25, -0.2) is 4.39 Å². The van der Waals surface area contributed by atoms with Crippen molar-refractivity contribution in [3.8, 4) is 11.5 Å². The van der Waals surface area contributed by atoms with Gasteiger partial charge in [-0.2, -0.15) is 0 Å². The van der Waals surface area contributed by atoms with Crippen molar-refractivity contribution in [2.75, 3.05) is 18.2 Å². The maximum absolute atomic E-state index is 13.3. The number of methoxy groups -OCH3 is 1. The van der Waals surface area contributed by atoms with Crippen molar-refractivity contribution in [2.24, 2.45) is 0 Å². The molecule has 0 atom stereocenters. The minimum Gasteiger partial charge on any atom is -0.495 e. The van der Waals surface area contributed by atoms with Crippen LogP contribution >= 0.6 is 35.0 Å². The van der Waals surface area contributed by atoms with Gasteiger partial charge in [0.2, 0.25) is 5.91 Å². The van der Waals surface area contributed by atoms with E-state index in [0.717, 1.165) is 0 Å². The molecule has 1 amide bonds. The van der Waals surface area contributed by atoms with Crippen molar-refractivity contribution in [1.29, 1.82) is 0 Å². The SMILES string of the molecule is CCn1c(COc2ccc(F)c(Cl)c2)nnc1SCC(=O)Nc1cc(Cl)ccc1OC. The van der Waals surface area contributed by atoms with Crippen molar-refractivity contribution in [3.63, 3.8) is 0 Å². The lowest BCUT2D eigenvalue weighted by Gasteiger charge is -2.11. The summed E-state index contributed by atoms with van der Waals surface area (Å²) in [5, 5.41) is 12.1. The Bertz CT molecular complexity index is 1080. The third-order valence-corrected chi connectivity index (χ3v) is 5.63. The van der Waals surface area contributed by atoms with Crippen molar-refractivity contribution in [1.82, 2.24) is 14.8 Å². The first-order chi connectivity index (χ1) is 14.9. The van der Waals surface area contributed by atoms with E-state index in [2.05, 4.69) is 15.5 Å². The van der Waals surface area contributed by atoms with Gasteiger partial charge in [0.05, 0.1) is 23.6 Å². The summed E-state index contributed by atoms with van der Waals surface area (Å²) in [5.74, 6) is 0.860. The van der Waals surface area contributed by atoms with E-state index in [1.165, 1.54) is 37.1 Å². The minimum atomic E-state index is -0.516. The summed E-state index contributed by atoms with van der Waals surface area (Å²) in [4.78, 5) is 12.4. The summed E-state index contributed by atoms with van der Waals surface area (Å²) < 4.78 is 26.0. The highest BCUT2D eigenvalue weighted by molar-refractivity contribution is 7.99. The number of nitrogens with zero attached hydrogens (tertiary/aromatic N) is 3. The Kier molecular flexibility index (Phi) is 8.00. The van der Waals surface area contributed by atoms with E-state index in [9.17, 15) is 9.18 Å². The van der Waals surface area contributed by atoms with Crippen LogP contribution in [0.3, 0.4) is 0 Å². The number of aromatic nitrogens is 3. The fraction of sp³-hybridized carbons (Fsp3) is 0.250. The fourth-order valence-corrected chi connectivity index (χ4v) is 3.82. The molecular weight excluding hydrogens is 466 g/mol. The number of thioether (sulfide) groups is 1. The van der Waals surface area contributed by atoms with Gasteiger partial charge in [0.25, 0.3) is 0 Å². The monoisotopic (exact) mass is 484 g/mol. The van der Waals surface area contributed by atoms with E-state index in [0.29, 0.717) is 39.7 Å². The average Bonchev–Trinajstić information content (AvgIpc) is 3.15. The molecular formula is C20H19Cl2FN4O3S. The summed E-state index contributed by atoms with van der Waals surface area (Å²) in [5.41, 5.74) is 0.490. The number of rotatable bonds is 9. The normalized spacial score (nSPS) is 10.7. The molecule has 0 saturated carbocycles. The third-order valence-electron chi connectivity index (χ3n) is 4.14. The quantitative estimate of drug-likeness (QED) is 0.427. The molecule has 0 spiro atoms. The second kappa shape index (κ2) is 10.7. The molecule has 11 heteroatoms. The summed E-state index contributed by atoms with van der Waals surface area (Å²) in [6.45, 7) is 2.64. The molecule has 0 unspecified atom stereocenters. The first kappa shape index (κ1) is 23.2. The number of hydrogen-bond donors (Lipinski definition) is 1. The molecule has 0 fully saturated rings. The summed E-state index contributed by atoms with van der Waals surface area (Å²) in [7, 11) is 1.51. The van der Waals surface area contributed by atoms with Crippen molar-refractivity contribution in [2.45, 2.75) is 25.2 Å². The van der Waals surface area contributed by atoms with Gasteiger partial charge in [0, 0.05) is 17.6 Å². The zero-order valence-electron chi connectivity index (χ0n) is 16.7. The first-order valence-electron chi connectivity index (χ1n) is 9.17. The number of benzene rings is 2. The average molecular weight is 485 g/mol.